The maximum absolute atomic E-state index is 6.87. The molecule has 4 aromatic heterocycles. The van der Waals surface area contributed by atoms with Crippen LogP contribution >= 0.6 is 11.6 Å². The number of imidazole rings is 2. The average molecular weight is 1170 g/mol. The lowest BCUT2D eigenvalue weighted by Crippen LogP contribution is -2.50. The largest absolute Gasteiger partial charge is 0.543 e. The van der Waals surface area contributed by atoms with E-state index in [9.17, 15) is 0 Å². The van der Waals surface area contributed by atoms with Gasteiger partial charge in [-0.15, -0.1) is 0 Å². The first-order chi connectivity index (χ1) is 38.9. The molecule has 2 aliphatic heterocycles. The zero-order chi connectivity index (χ0) is 57.8. The quantitative estimate of drug-likeness (QED) is 0.0362. The minimum absolute atomic E-state index is 0.00208. The van der Waals surface area contributed by atoms with Gasteiger partial charge in [0.25, 0.3) is 16.6 Å². The van der Waals surface area contributed by atoms with Crippen LogP contribution in [0.3, 0.4) is 0 Å². The Hall–Kier alpha value is -5.02. The first-order valence-corrected chi connectivity index (χ1v) is 35.6. The number of nitrogens with one attached hydrogen (secondary N) is 3. The number of anilines is 5. The van der Waals surface area contributed by atoms with Crippen molar-refractivity contribution >= 4 is 79.5 Å². The van der Waals surface area contributed by atoms with Crippen molar-refractivity contribution in [3.63, 3.8) is 0 Å². The summed E-state index contributed by atoms with van der Waals surface area (Å²) in [7, 11) is -3.84. The lowest BCUT2D eigenvalue weighted by molar-refractivity contribution is -0.0299. The second-order valence-electron chi connectivity index (χ2n) is 25.0. The van der Waals surface area contributed by atoms with Gasteiger partial charge in [0.15, 0.2) is 34.0 Å². The van der Waals surface area contributed by atoms with Crippen LogP contribution in [-0.4, -0.2) is 81.0 Å². The average Bonchev–Trinajstić information content (AvgIpc) is 4.31. The van der Waals surface area contributed by atoms with Crippen LogP contribution in [0.15, 0.2) is 61.2 Å². The fourth-order valence-corrected chi connectivity index (χ4v) is 24.3. The van der Waals surface area contributed by atoms with E-state index in [0.717, 1.165) is 121 Å². The number of hydrogen-bond donors (Lipinski definition) is 4. The molecule has 81 heavy (non-hydrogen) atoms. The first-order valence-electron chi connectivity index (χ1n) is 30.9. The molecule has 2 aliphatic carbocycles. The third-order valence-electron chi connectivity index (χ3n) is 17.6. The van der Waals surface area contributed by atoms with Gasteiger partial charge in [-0.1, -0.05) is 122 Å². The second-order valence-corrected chi connectivity index (χ2v) is 36.1. The van der Waals surface area contributed by atoms with Gasteiger partial charge in [0, 0.05) is 36.7 Å². The number of nitrogens with two attached hydrogens (primary N) is 1. The molecular formula is C62H97ClN12O4Si2. The molecule has 0 radical (unpaired) electrons. The highest BCUT2D eigenvalue weighted by Crippen LogP contribution is 2.45. The summed E-state index contributed by atoms with van der Waals surface area (Å²) in [5, 5.41) is 11.0. The lowest BCUT2D eigenvalue weighted by Gasteiger charge is -2.42. The van der Waals surface area contributed by atoms with E-state index < -0.39 is 16.6 Å². The summed E-state index contributed by atoms with van der Waals surface area (Å²) in [5.74, 6) is 4.02. The Balaban J connectivity index is 0.000000177. The molecule has 6 aromatic rings. The zero-order valence-electron chi connectivity index (χ0n) is 50.9. The normalized spacial score (nSPS) is 18.8. The van der Waals surface area contributed by atoms with Gasteiger partial charge >= 0.3 is 0 Å². The molecule has 2 saturated heterocycles. The van der Waals surface area contributed by atoms with Crippen molar-refractivity contribution in [3.8, 4) is 11.5 Å². The van der Waals surface area contributed by atoms with Crippen molar-refractivity contribution in [1.82, 2.24) is 39.0 Å². The van der Waals surface area contributed by atoms with Crippen LogP contribution < -0.4 is 30.5 Å². The number of rotatable bonds is 18. The predicted molar refractivity (Wildman–Crippen MR) is 338 cm³/mol. The molecule has 19 heteroatoms. The van der Waals surface area contributed by atoms with Crippen LogP contribution in [-0.2, 0) is 9.47 Å². The van der Waals surface area contributed by atoms with Gasteiger partial charge in [0.2, 0.25) is 11.2 Å². The number of hydrogen-bond acceptors (Lipinski definition) is 14. The van der Waals surface area contributed by atoms with Gasteiger partial charge in [-0.25, -0.2) is 9.97 Å². The number of aromatic nitrogens is 8. The number of benzene rings is 2. The Morgan fingerprint density at radius 3 is 1.31 bits per heavy atom. The predicted octanol–water partition coefficient (Wildman–Crippen LogP) is 17.3. The highest BCUT2D eigenvalue weighted by Gasteiger charge is 2.48. The molecule has 4 aliphatic rings. The Kier molecular flexibility index (Phi) is 21.8. The number of nitrogen functional groups attached to an aromatic ring is 1. The monoisotopic (exact) mass is 1160 g/mol. The van der Waals surface area contributed by atoms with Gasteiger partial charge in [-0.05, 0) is 158 Å². The van der Waals surface area contributed by atoms with Gasteiger partial charge in [-0.2, -0.15) is 19.9 Å². The Bertz CT molecular complexity index is 2830. The molecule has 2 saturated carbocycles. The minimum Gasteiger partial charge on any atom is -0.543 e. The van der Waals surface area contributed by atoms with Crippen LogP contribution in [0.25, 0.3) is 22.3 Å². The number of halogens is 1. The fourth-order valence-electron chi connectivity index (χ4n) is 13.6. The molecule has 16 nitrogen and oxygen atoms in total. The third-order valence-corrected chi connectivity index (χ3v) is 29.8. The van der Waals surface area contributed by atoms with E-state index in [0.29, 0.717) is 51.3 Å². The van der Waals surface area contributed by atoms with E-state index in [1.807, 2.05) is 35.2 Å². The minimum atomic E-state index is -2.01. The number of ether oxygens (including phenoxy) is 2. The highest BCUT2D eigenvalue weighted by molar-refractivity contribution is 6.78. The van der Waals surface area contributed by atoms with Gasteiger partial charge in [0.05, 0.1) is 12.7 Å². The molecule has 0 spiro atoms. The summed E-state index contributed by atoms with van der Waals surface area (Å²) in [4.78, 5) is 27.9. The number of nitrogens with zero attached hydrogens (tertiary/aromatic N) is 8. The van der Waals surface area contributed by atoms with Crippen LogP contribution in [0.2, 0.25) is 38.5 Å². The topological polar surface area (TPSA) is 186 Å². The molecule has 2 unspecified atom stereocenters. The van der Waals surface area contributed by atoms with Crippen molar-refractivity contribution in [3.05, 3.63) is 66.5 Å². The molecular weight excluding hydrogens is 1070 g/mol. The van der Waals surface area contributed by atoms with Gasteiger partial charge in [-0.3, -0.25) is 9.13 Å². The SMILES string of the molecule is CC(C)[Si](Oc1ccc(N)cc1)(C(C)C)C(C)C.CC(C)[Si](Oc1ccc(Nc2nc(NC3CCCCC3)c3ncn(C4CCCCO4)c3n2)cc1)(C(C)C)C(C)C.Clc1nc(NC2CCCCC2)c2ncn(C3CCCCO3)c2n1. The van der Waals surface area contributed by atoms with E-state index in [1.54, 1.807) is 6.33 Å². The molecule has 0 amide bonds. The molecule has 0 bridgehead atoms. The summed E-state index contributed by atoms with van der Waals surface area (Å²) in [6.45, 7) is 29.2. The van der Waals surface area contributed by atoms with Crippen molar-refractivity contribution in [2.75, 3.05) is 34.9 Å². The summed E-state index contributed by atoms with van der Waals surface area (Å²) in [6.07, 6.45) is 22.5. The van der Waals surface area contributed by atoms with Crippen LogP contribution in [0, 0.1) is 0 Å². The van der Waals surface area contributed by atoms with Crippen molar-refractivity contribution in [2.24, 2.45) is 0 Å². The smallest absolute Gasteiger partial charge is 0.258 e. The van der Waals surface area contributed by atoms with Gasteiger partial charge < -0.3 is 40.0 Å². The Morgan fingerprint density at radius 1 is 0.506 bits per heavy atom. The zero-order valence-corrected chi connectivity index (χ0v) is 53.7. The van der Waals surface area contributed by atoms with Crippen molar-refractivity contribution in [2.45, 2.75) is 244 Å². The van der Waals surface area contributed by atoms with Crippen molar-refractivity contribution in [1.29, 1.82) is 0 Å². The molecule has 6 heterocycles. The molecule has 4 fully saturated rings. The van der Waals surface area contributed by atoms with Crippen LogP contribution in [0.4, 0.5) is 29.0 Å². The summed E-state index contributed by atoms with van der Waals surface area (Å²) < 4.78 is 29.4. The van der Waals surface area contributed by atoms with E-state index >= 15 is 0 Å². The second kappa shape index (κ2) is 28.5. The Labute approximate surface area is 490 Å². The van der Waals surface area contributed by atoms with E-state index in [1.165, 1.54) is 51.4 Å². The molecule has 10 rings (SSSR count). The van der Waals surface area contributed by atoms with E-state index in [2.05, 4.69) is 143 Å². The fraction of sp³-hybridized carbons (Fsp3) is 0.645. The third kappa shape index (κ3) is 15.0. The standard InChI is InChI=1S/C31H48N6O2Si.C16H22ClN5O.C15H27NOSi/c1-21(2)40(22(3)4,23(5)6)39-26-17-15-25(16-18-26)34-31-35-29(33-24-12-8-7-9-13-24)28-30(36-31)37(20-32-28)27-14-10-11-19-38-27;17-16-20-14(19-11-6-2-1-3-7-11)13-15(21-16)22(10-18-13)12-8-4-5-9-23-12;1-11(2)18(12(3)4,13(5)6)17-15-9-7-14(16)8-10-15/h15-18,20-24,27H,7-14,19H2,1-6H3,(H2,33,34,35,36);10-12H,1-9H2,(H,19,20,21);7-13H,16H2,1-6H3. The van der Waals surface area contributed by atoms with Gasteiger partial charge in [0.1, 0.15) is 24.0 Å². The molecule has 444 valence electrons. The first kappa shape index (κ1) is 62.0. The summed E-state index contributed by atoms with van der Waals surface area (Å²) >= 11 is 6.17. The van der Waals surface area contributed by atoms with Crippen LogP contribution in [0.1, 0.15) is 198 Å². The maximum atomic E-state index is 6.87. The molecule has 5 N–H and O–H groups in total. The number of fused-ring (bicyclic) bond motifs is 2. The maximum Gasteiger partial charge on any atom is 0.258 e. The summed E-state index contributed by atoms with van der Waals surface area (Å²) in [5.41, 5.74) is 14.0. The molecule has 2 aromatic carbocycles. The summed E-state index contributed by atoms with van der Waals surface area (Å²) in [6, 6.07) is 17.0. The Morgan fingerprint density at radius 2 is 0.901 bits per heavy atom. The van der Waals surface area contributed by atoms with E-state index in [4.69, 9.17) is 50.6 Å². The van der Waals surface area contributed by atoms with Crippen LogP contribution in [0.5, 0.6) is 11.5 Å². The van der Waals surface area contributed by atoms with Crippen molar-refractivity contribution < 1.29 is 18.3 Å². The highest BCUT2D eigenvalue weighted by atomic mass is 35.5. The molecule has 2 atom stereocenters. The lowest BCUT2D eigenvalue weighted by atomic mass is 9.95. The van der Waals surface area contributed by atoms with E-state index in [-0.39, 0.29) is 17.7 Å².